The number of benzene rings is 1. The summed E-state index contributed by atoms with van der Waals surface area (Å²) in [5, 5.41) is 9.33. The van der Waals surface area contributed by atoms with E-state index in [1.165, 1.54) is 11.3 Å². The molecule has 4 rings (SSSR count). The zero-order valence-electron chi connectivity index (χ0n) is 16.6. The van der Waals surface area contributed by atoms with Crippen LogP contribution in [-0.4, -0.2) is 28.7 Å². The van der Waals surface area contributed by atoms with Crippen molar-refractivity contribution in [1.82, 2.24) is 9.55 Å². The van der Waals surface area contributed by atoms with Gasteiger partial charge in [-0.2, -0.15) is 5.26 Å². The van der Waals surface area contributed by atoms with Gasteiger partial charge in [0.1, 0.15) is 34.5 Å². The third-order valence-electron chi connectivity index (χ3n) is 5.17. The van der Waals surface area contributed by atoms with E-state index in [9.17, 15) is 9.59 Å². The minimum atomic E-state index is -0.474. The number of carbonyl (C=O) groups is 1. The molecule has 2 aromatic heterocycles. The van der Waals surface area contributed by atoms with Crippen LogP contribution in [0.5, 0.6) is 5.75 Å². The number of nitrogens with zero attached hydrogens (tertiary/aromatic N) is 3. The van der Waals surface area contributed by atoms with E-state index in [-0.39, 0.29) is 18.8 Å². The van der Waals surface area contributed by atoms with Crippen LogP contribution in [0.4, 0.5) is 0 Å². The second-order valence-electron chi connectivity index (χ2n) is 7.15. The van der Waals surface area contributed by atoms with E-state index < -0.39 is 5.97 Å². The van der Waals surface area contributed by atoms with E-state index in [0.29, 0.717) is 38.5 Å². The summed E-state index contributed by atoms with van der Waals surface area (Å²) in [5.41, 5.74) is 1.12. The number of thiophene rings is 1. The summed E-state index contributed by atoms with van der Waals surface area (Å²) in [7, 11) is 0. The average molecular weight is 423 g/mol. The molecule has 0 saturated carbocycles. The third kappa shape index (κ3) is 3.94. The Hall–Kier alpha value is -3.18. The number of esters is 1. The Labute approximate surface area is 177 Å². The quantitative estimate of drug-likeness (QED) is 0.460. The van der Waals surface area contributed by atoms with Gasteiger partial charge < -0.3 is 9.47 Å². The van der Waals surface area contributed by atoms with Crippen LogP contribution < -0.4 is 10.3 Å². The molecule has 1 aliphatic heterocycles. The molecule has 1 aliphatic rings. The van der Waals surface area contributed by atoms with Crippen LogP contribution >= 0.6 is 11.3 Å². The van der Waals surface area contributed by atoms with Crippen molar-refractivity contribution < 1.29 is 14.3 Å². The number of hydrogen-bond acceptors (Lipinski definition) is 7. The van der Waals surface area contributed by atoms with E-state index in [1.54, 1.807) is 35.8 Å². The van der Waals surface area contributed by atoms with Crippen LogP contribution in [0.15, 0.2) is 29.1 Å². The fourth-order valence-corrected chi connectivity index (χ4v) is 4.67. The van der Waals surface area contributed by atoms with Gasteiger partial charge in [0.05, 0.1) is 17.0 Å². The van der Waals surface area contributed by atoms with Gasteiger partial charge in [-0.15, -0.1) is 11.3 Å². The molecule has 0 unspecified atom stereocenters. The lowest BCUT2D eigenvalue weighted by atomic mass is 10.2. The highest BCUT2D eigenvalue weighted by atomic mass is 32.1. The number of rotatable bonds is 5. The van der Waals surface area contributed by atoms with Gasteiger partial charge in [-0.1, -0.05) is 6.42 Å². The maximum absolute atomic E-state index is 13.0. The van der Waals surface area contributed by atoms with Crippen molar-refractivity contribution in [2.24, 2.45) is 0 Å². The fraction of sp³-hybridized carbons (Fsp3) is 0.364. The van der Waals surface area contributed by atoms with Crippen LogP contribution in [0.1, 0.15) is 45.9 Å². The number of fused-ring (bicyclic) bond motifs is 2. The van der Waals surface area contributed by atoms with Gasteiger partial charge >= 0.3 is 5.97 Å². The van der Waals surface area contributed by atoms with Crippen LogP contribution in [0.3, 0.4) is 0 Å². The van der Waals surface area contributed by atoms with E-state index in [0.717, 1.165) is 31.5 Å². The van der Waals surface area contributed by atoms with Gasteiger partial charge in [0.15, 0.2) is 0 Å². The zero-order chi connectivity index (χ0) is 21.1. The van der Waals surface area contributed by atoms with Crippen LogP contribution in [0.25, 0.3) is 10.2 Å². The summed E-state index contributed by atoms with van der Waals surface area (Å²) in [5.74, 6) is 0.933. The van der Waals surface area contributed by atoms with Crippen molar-refractivity contribution in [2.45, 2.75) is 39.2 Å². The Bertz CT molecular complexity index is 1190. The first-order valence-electron chi connectivity index (χ1n) is 9.91. The Morgan fingerprint density at radius 1 is 1.23 bits per heavy atom. The number of aromatic nitrogens is 2. The highest BCUT2D eigenvalue weighted by Crippen LogP contribution is 2.29. The first-order valence-corrected chi connectivity index (χ1v) is 10.7. The van der Waals surface area contributed by atoms with Crippen molar-refractivity contribution in [3.05, 3.63) is 56.4 Å². The Morgan fingerprint density at radius 2 is 2.03 bits per heavy atom. The number of carbonyl (C=O) groups excluding carboxylic acids is 1. The largest absolute Gasteiger partial charge is 0.490 e. The zero-order valence-corrected chi connectivity index (χ0v) is 17.5. The molecule has 0 spiro atoms. The standard InChI is InChI=1S/C22H21N3O4S/c1-14-18-20(24-17-5-3-2-4-10-25(17)21(18)26)30-19(14)22(27)29-12-11-28-16-8-6-15(13-23)7-9-16/h6-9H,2-5,10-12H2,1H3. The summed E-state index contributed by atoms with van der Waals surface area (Å²) < 4.78 is 12.6. The summed E-state index contributed by atoms with van der Waals surface area (Å²) in [6.07, 6.45) is 3.87. The summed E-state index contributed by atoms with van der Waals surface area (Å²) in [6, 6.07) is 8.75. The highest BCUT2D eigenvalue weighted by Gasteiger charge is 2.23. The van der Waals surface area contributed by atoms with Crippen molar-refractivity contribution in [1.29, 1.82) is 5.26 Å². The lowest BCUT2D eigenvalue weighted by Crippen LogP contribution is -2.24. The molecular weight excluding hydrogens is 402 g/mol. The van der Waals surface area contributed by atoms with E-state index in [2.05, 4.69) is 4.98 Å². The van der Waals surface area contributed by atoms with Gasteiger partial charge in [-0.3, -0.25) is 9.36 Å². The summed E-state index contributed by atoms with van der Waals surface area (Å²) in [4.78, 5) is 31.3. The molecule has 30 heavy (non-hydrogen) atoms. The molecule has 0 atom stereocenters. The predicted molar refractivity (Wildman–Crippen MR) is 113 cm³/mol. The molecule has 0 saturated heterocycles. The van der Waals surface area contributed by atoms with Gasteiger partial charge in [0.2, 0.25) is 0 Å². The lowest BCUT2D eigenvalue weighted by molar-refractivity contribution is 0.0455. The summed E-state index contributed by atoms with van der Waals surface area (Å²) >= 11 is 1.21. The van der Waals surface area contributed by atoms with E-state index >= 15 is 0 Å². The molecular formula is C22H21N3O4S. The first kappa shape index (κ1) is 20.1. The molecule has 154 valence electrons. The van der Waals surface area contributed by atoms with Crippen molar-refractivity contribution in [3.8, 4) is 11.8 Å². The third-order valence-corrected chi connectivity index (χ3v) is 6.33. The van der Waals surface area contributed by atoms with E-state index in [1.807, 2.05) is 6.07 Å². The number of aryl methyl sites for hydroxylation is 2. The van der Waals surface area contributed by atoms with Gasteiger partial charge in [0.25, 0.3) is 5.56 Å². The molecule has 0 amide bonds. The predicted octanol–water partition coefficient (Wildman–Crippen LogP) is 3.60. The van der Waals surface area contributed by atoms with Crippen LogP contribution in [-0.2, 0) is 17.7 Å². The van der Waals surface area contributed by atoms with Gasteiger partial charge in [0, 0.05) is 13.0 Å². The fourth-order valence-electron chi connectivity index (χ4n) is 3.59. The van der Waals surface area contributed by atoms with E-state index in [4.69, 9.17) is 14.7 Å². The van der Waals surface area contributed by atoms with Crippen molar-refractivity contribution in [2.75, 3.05) is 13.2 Å². The van der Waals surface area contributed by atoms with Gasteiger partial charge in [-0.05, 0) is 49.6 Å². The topological polar surface area (TPSA) is 94.2 Å². The molecule has 3 aromatic rings. The molecule has 0 N–H and O–H groups in total. The second kappa shape index (κ2) is 8.67. The SMILES string of the molecule is Cc1c(C(=O)OCCOc2ccc(C#N)cc2)sc2nc3n(c(=O)c12)CCCCC3. The Kier molecular flexibility index (Phi) is 5.81. The van der Waals surface area contributed by atoms with Crippen molar-refractivity contribution in [3.63, 3.8) is 0 Å². The number of nitriles is 1. The minimum absolute atomic E-state index is 0.0613. The van der Waals surface area contributed by atoms with Crippen LogP contribution in [0, 0.1) is 18.3 Å². The molecule has 1 aromatic carbocycles. The lowest BCUT2D eigenvalue weighted by Gasteiger charge is -2.08. The molecule has 0 aliphatic carbocycles. The highest BCUT2D eigenvalue weighted by molar-refractivity contribution is 7.20. The molecule has 3 heterocycles. The number of ether oxygens (including phenoxy) is 2. The van der Waals surface area contributed by atoms with Crippen molar-refractivity contribution >= 4 is 27.5 Å². The maximum atomic E-state index is 13.0. The smallest absolute Gasteiger partial charge is 0.348 e. The Morgan fingerprint density at radius 3 is 2.80 bits per heavy atom. The van der Waals surface area contributed by atoms with Gasteiger partial charge in [-0.25, -0.2) is 9.78 Å². The molecule has 8 heteroatoms. The normalized spacial score (nSPS) is 13.3. The maximum Gasteiger partial charge on any atom is 0.348 e. The molecule has 0 bridgehead atoms. The minimum Gasteiger partial charge on any atom is -0.490 e. The number of hydrogen-bond donors (Lipinski definition) is 0. The molecule has 7 nitrogen and oxygen atoms in total. The monoisotopic (exact) mass is 423 g/mol. The first-order chi connectivity index (χ1) is 14.6. The molecule has 0 radical (unpaired) electrons. The second-order valence-corrected chi connectivity index (χ2v) is 8.15. The summed E-state index contributed by atoms with van der Waals surface area (Å²) in [6.45, 7) is 2.72. The average Bonchev–Trinajstić information content (AvgIpc) is 2.92. The molecule has 0 fully saturated rings. The van der Waals surface area contributed by atoms with Crippen LogP contribution in [0.2, 0.25) is 0 Å². The Balaban J connectivity index is 1.45.